The number of piperidine rings is 1. The average Bonchev–Trinajstić information content (AvgIpc) is 2.86. The number of rotatable bonds is 2. The molecule has 3 nitrogen and oxygen atoms in total. The highest BCUT2D eigenvalue weighted by Gasteiger charge is 2.39. The fourth-order valence-electron chi connectivity index (χ4n) is 4.41. The van der Waals surface area contributed by atoms with Crippen LogP contribution in [0.2, 0.25) is 0 Å². The molecule has 1 saturated heterocycles. The molecule has 3 heteroatoms. The Kier molecular flexibility index (Phi) is 2.86. The minimum atomic E-state index is 0.650. The van der Waals surface area contributed by atoms with Crippen LogP contribution in [-0.4, -0.2) is 43.2 Å². The zero-order valence-electron chi connectivity index (χ0n) is 12.2. The lowest BCUT2D eigenvalue weighted by atomic mass is 9.72. The summed E-state index contributed by atoms with van der Waals surface area (Å²) in [5, 5.41) is 1.49. The summed E-state index contributed by atoms with van der Waals surface area (Å²) in [6.07, 6.45) is 4.64. The Labute approximate surface area is 119 Å². The molecule has 1 fully saturated rings. The van der Waals surface area contributed by atoms with Crippen LogP contribution in [0.15, 0.2) is 24.4 Å². The number of likely N-dealkylation sites (tertiary alicyclic amines) is 1. The molecule has 0 amide bonds. The molecule has 0 spiro atoms. The lowest BCUT2D eigenvalue weighted by molar-refractivity contribution is 0.0587. The van der Waals surface area contributed by atoms with E-state index in [0.717, 1.165) is 13.2 Å². The van der Waals surface area contributed by atoms with Crippen molar-refractivity contribution in [3.05, 3.63) is 35.5 Å². The summed E-state index contributed by atoms with van der Waals surface area (Å²) < 4.78 is 5.40. The van der Waals surface area contributed by atoms with Crippen molar-refractivity contribution < 1.29 is 4.74 Å². The molecule has 1 aliphatic heterocycles. The molecule has 1 unspecified atom stereocenters. The third kappa shape index (κ3) is 1.73. The van der Waals surface area contributed by atoms with Gasteiger partial charge in [0.1, 0.15) is 0 Å². The lowest BCUT2D eigenvalue weighted by Crippen LogP contribution is -2.48. The lowest BCUT2D eigenvalue weighted by Gasteiger charge is -2.45. The van der Waals surface area contributed by atoms with Gasteiger partial charge in [-0.1, -0.05) is 12.1 Å². The molecule has 0 bridgehead atoms. The molecule has 2 heterocycles. The molecular weight excluding hydrogens is 248 g/mol. The summed E-state index contributed by atoms with van der Waals surface area (Å²) in [7, 11) is 4.09. The van der Waals surface area contributed by atoms with E-state index >= 15 is 0 Å². The van der Waals surface area contributed by atoms with Gasteiger partial charge in [0.25, 0.3) is 0 Å². The van der Waals surface area contributed by atoms with Gasteiger partial charge < -0.3 is 14.6 Å². The van der Waals surface area contributed by atoms with Crippen molar-refractivity contribution in [2.75, 3.05) is 27.3 Å². The maximum absolute atomic E-state index is 5.40. The first-order valence-corrected chi connectivity index (χ1v) is 7.56. The number of ether oxygens (including phenoxy) is 1. The molecule has 1 aliphatic carbocycles. The number of methoxy groups -OCH3 is 1. The zero-order valence-corrected chi connectivity index (χ0v) is 12.2. The normalized spacial score (nSPS) is 29.6. The number of H-pyrrole nitrogens is 1. The van der Waals surface area contributed by atoms with Crippen LogP contribution in [-0.2, 0) is 11.2 Å². The first-order valence-electron chi connectivity index (χ1n) is 7.56. The quantitative estimate of drug-likeness (QED) is 0.909. The van der Waals surface area contributed by atoms with Crippen LogP contribution in [0.1, 0.15) is 23.5 Å². The minimum Gasteiger partial charge on any atom is -0.384 e. The van der Waals surface area contributed by atoms with Crippen LogP contribution < -0.4 is 0 Å². The van der Waals surface area contributed by atoms with Crippen molar-refractivity contribution in [2.45, 2.75) is 24.8 Å². The van der Waals surface area contributed by atoms with Gasteiger partial charge in [0.15, 0.2) is 0 Å². The molecule has 1 N–H and O–H groups in total. The van der Waals surface area contributed by atoms with Gasteiger partial charge in [-0.25, -0.2) is 0 Å². The van der Waals surface area contributed by atoms with E-state index in [2.05, 4.69) is 41.3 Å². The van der Waals surface area contributed by atoms with Gasteiger partial charge in [-0.15, -0.1) is 0 Å². The average molecular weight is 270 g/mol. The second-order valence-electron chi connectivity index (χ2n) is 6.46. The standard InChI is InChI=1S/C17H22N2O/c1-19-9-11(10-20-2)6-14-13-4-3-5-15-17(13)12(8-18-15)7-16(14)19/h3-5,8,11,14,16,18H,6-7,9-10H2,1-2H3/t11?,14-,16-/m0/s1. The van der Waals surface area contributed by atoms with Crippen LogP contribution in [0.3, 0.4) is 0 Å². The third-order valence-electron chi connectivity index (χ3n) is 5.21. The maximum atomic E-state index is 5.40. The predicted molar refractivity (Wildman–Crippen MR) is 81.1 cm³/mol. The van der Waals surface area contributed by atoms with Gasteiger partial charge in [-0.3, -0.25) is 0 Å². The van der Waals surface area contributed by atoms with E-state index in [1.54, 1.807) is 5.56 Å². The van der Waals surface area contributed by atoms with Crippen molar-refractivity contribution in [3.8, 4) is 0 Å². The molecule has 4 rings (SSSR count). The van der Waals surface area contributed by atoms with Gasteiger partial charge in [0.2, 0.25) is 0 Å². The Morgan fingerprint density at radius 3 is 3.15 bits per heavy atom. The SMILES string of the molecule is COCC1C[C@H]2c3cccc4[nH]cc(c34)C[C@@H]2N(C)C1. The molecule has 3 atom stereocenters. The fraction of sp³-hybridized carbons (Fsp3) is 0.529. The largest absolute Gasteiger partial charge is 0.384 e. The molecule has 106 valence electrons. The monoisotopic (exact) mass is 270 g/mol. The molecule has 20 heavy (non-hydrogen) atoms. The van der Waals surface area contributed by atoms with Crippen LogP contribution in [0, 0.1) is 5.92 Å². The summed E-state index contributed by atoms with van der Waals surface area (Å²) >= 11 is 0. The van der Waals surface area contributed by atoms with Gasteiger partial charge in [-0.05, 0) is 43.0 Å². The molecule has 0 saturated carbocycles. The molecule has 1 aromatic carbocycles. The van der Waals surface area contributed by atoms with Crippen LogP contribution in [0.25, 0.3) is 10.9 Å². The number of likely N-dealkylation sites (N-methyl/N-ethyl adjacent to an activating group) is 1. The first kappa shape index (κ1) is 12.4. The molecule has 2 aliphatic rings. The van der Waals surface area contributed by atoms with Crippen LogP contribution in [0.4, 0.5) is 0 Å². The summed E-state index contributed by atoms with van der Waals surface area (Å²) in [5.74, 6) is 1.31. The predicted octanol–water partition coefficient (Wildman–Crippen LogP) is 2.77. The van der Waals surface area contributed by atoms with E-state index < -0.39 is 0 Å². The summed E-state index contributed by atoms with van der Waals surface area (Å²) in [5.41, 5.74) is 4.34. The number of fused-ring (bicyclic) bond motifs is 2. The van der Waals surface area contributed by atoms with Crippen LogP contribution in [0.5, 0.6) is 0 Å². The Balaban J connectivity index is 1.79. The molecular formula is C17H22N2O. The smallest absolute Gasteiger partial charge is 0.0502 e. The van der Waals surface area contributed by atoms with E-state index in [4.69, 9.17) is 4.74 Å². The topological polar surface area (TPSA) is 28.3 Å². The zero-order chi connectivity index (χ0) is 13.7. The van der Waals surface area contributed by atoms with Gasteiger partial charge in [0, 0.05) is 42.7 Å². The summed E-state index contributed by atoms with van der Waals surface area (Å²) in [6, 6.07) is 7.37. The van der Waals surface area contributed by atoms with E-state index in [1.807, 2.05) is 7.11 Å². The van der Waals surface area contributed by atoms with Crippen LogP contribution >= 0.6 is 0 Å². The highest BCUT2D eigenvalue weighted by atomic mass is 16.5. The van der Waals surface area contributed by atoms with Crippen molar-refractivity contribution in [2.24, 2.45) is 5.92 Å². The Morgan fingerprint density at radius 2 is 2.30 bits per heavy atom. The number of aromatic nitrogens is 1. The highest BCUT2D eigenvalue weighted by Crippen LogP contribution is 2.44. The van der Waals surface area contributed by atoms with E-state index in [1.165, 1.54) is 29.3 Å². The number of benzene rings is 1. The van der Waals surface area contributed by atoms with Gasteiger partial charge in [0.05, 0.1) is 6.61 Å². The number of nitrogens with zero attached hydrogens (tertiary/aromatic N) is 1. The Hall–Kier alpha value is -1.32. The van der Waals surface area contributed by atoms with Crippen molar-refractivity contribution >= 4 is 10.9 Å². The van der Waals surface area contributed by atoms with Gasteiger partial charge >= 0.3 is 0 Å². The minimum absolute atomic E-state index is 0.650. The number of aromatic amines is 1. The van der Waals surface area contributed by atoms with E-state index in [0.29, 0.717) is 17.9 Å². The number of hydrogen-bond donors (Lipinski definition) is 1. The summed E-state index contributed by atoms with van der Waals surface area (Å²) in [4.78, 5) is 5.99. The molecule has 2 aromatic rings. The number of nitrogens with one attached hydrogen (secondary N) is 1. The van der Waals surface area contributed by atoms with Crippen molar-refractivity contribution in [1.29, 1.82) is 0 Å². The van der Waals surface area contributed by atoms with Gasteiger partial charge in [-0.2, -0.15) is 0 Å². The third-order valence-corrected chi connectivity index (χ3v) is 5.21. The van der Waals surface area contributed by atoms with E-state index in [9.17, 15) is 0 Å². The second kappa shape index (κ2) is 4.61. The highest BCUT2D eigenvalue weighted by molar-refractivity contribution is 5.88. The van der Waals surface area contributed by atoms with E-state index in [-0.39, 0.29) is 0 Å². The molecule has 1 aromatic heterocycles. The Bertz CT molecular complexity index is 633. The Morgan fingerprint density at radius 1 is 1.40 bits per heavy atom. The molecule has 0 radical (unpaired) electrons. The van der Waals surface area contributed by atoms with Crippen molar-refractivity contribution in [1.82, 2.24) is 9.88 Å². The fourth-order valence-corrected chi connectivity index (χ4v) is 4.41. The van der Waals surface area contributed by atoms with Crippen molar-refractivity contribution in [3.63, 3.8) is 0 Å². The summed E-state index contributed by atoms with van der Waals surface area (Å²) in [6.45, 7) is 2.04. The second-order valence-corrected chi connectivity index (χ2v) is 6.46. The first-order chi connectivity index (χ1) is 9.78. The maximum Gasteiger partial charge on any atom is 0.0502 e. The number of hydrogen-bond acceptors (Lipinski definition) is 2.